The van der Waals surface area contributed by atoms with Crippen LogP contribution in [0.5, 0.6) is 0 Å². The molecule has 7 nitrogen and oxygen atoms in total. The van der Waals surface area contributed by atoms with E-state index >= 15 is 0 Å². The molecule has 0 aromatic carbocycles. The molecule has 2 aromatic rings. The second-order valence-electron chi connectivity index (χ2n) is 8.01. The fourth-order valence-corrected chi connectivity index (χ4v) is 4.58. The molecule has 30 heavy (non-hydrogen) atoms. The van der Waals surface area contributed by atoms with E-state index in [-0.39, 0.29) is 6.04 Å². The molecule has 1 fully saturated rings. The van der Waals surface area contributed by atoms with E-state index in [0.29, 0.717) is 16.9 Å². The normalized spacial score (nSPS) is 14.0. The number of esters is 1. The SMILES string of the molecule is CCn1c(C)cc(C(=O)OCC(=O)Nc2c(C#N)c(C)c(C)n2C2CCCC2)c1C. The van der Waals surface area contributed by atoms with Gasteiger partial charge in [0.15, 0.2) is 6.61 Å². The minimum atomic E-state index is -0.517. The molecule has 1 saturated carbocycles. The number of nitrogens with one attached hydrogen (secondary N) is 1. The van der Waals surface area contributed by atoms with E-state index in [4.69, 9.17) is 4.74 Å². The van der Waals surface area contributed by atoms with Gasteiger partial charge in [0.05, 0.1) is 11.1 Å². The van der Waals surface area contributed by atoms with Gasteiger partial charge in [0.1, 0.15) is 11.9 Å². The first-order valence-electron chi connectivity index (χ1n) is 10.5. The quantitative estimate of drug-likeness (QED) is 0.718. The summed E-state index contributed by atoms with van der Waals surface area (Å²) in [6, 6.07) is 4.28. The van der Waals surface area contributed by atoms with E-state index in [1.807, 2.05) is 39.2 Å². The maximum atomic E-state index is 12.6. The number of nitrogens with zero attached hydrogens (tertiary/aromatic N) is 3. The molecule has 0 aliphatic heterocycles. The maximum Gasteiger partial charge on any atom is 0.340 e. The van der Waals surface area contributed by atoms with Gasteiger partial charge in [-0.15, -0.1) is 0 Å². The van der Waals surface area contributed by atoms with Crippen molar-refractivity contribution in [2.24, 2.45) is 0 Å². The number of nitriles is 1. The molecule has 0 atom stereocenters. The van der Waals surface area contributed by atoms with Crippen LogP contribution in [0.15, 0.2) is 6.07 Å². The van der Waals surface area contributed by atoms with E-state index in [0.717, 1.165) is 54.9 Å². The number of aryl methyl sites for hydroxylation is 1. The maximum absolute atomic E-state index is 12.6. The predicted octanol–water partition coefficient (Wildman–Crippen LogP) is 4.33. The number of ether oxygens (including phenoxy) is 1. The molecule has 0 bridgehead atoms. The molecular weight excluding hydrogens is 380 g/mol. The average molecular weight is 411 g/mol. The molecule has 7 heteroatoms. The number of hydrogen-bond acceptors (Lipinski definition) is 4. The lowest BCUT2D eigenvalue weighted by Gasteiger charge is -2.19. The van der Waals surface area contributed by atoms with Gasteiger partial charge in [-0.05, 0) is 59.1 Å². The van der Waals surface area contributed by atoms with Crippen LogP contribution >= 0.6 is 0 Å². The third kappa shape index (κ3) is 3.87. The Hall–Kier alpha value is -3.01. The Bertz CT molecular complexity index is 1020. The number of carbonyl (C=O) groups excluding carboxylic acids is 2. The monoisotopic (exact) mass is 410 g/mol. The Morgan fingerprint density at radius 1 is 1.20 bits per heavy atom. The molecule has 2 aromatic heterocycles. The molecule has 1 aliphatic rings. The molecule has 0 spiro atoms. The van der Waals surface area contributed by atoms with E-state index < -0.39 is 18.5 Å². The van der Waals surface area contributed by atoms with Gasteiger partial charge in [0, 0.05) is 29.7 Å². The van der Waals surface area contributed by atoms with E-state index in [2.05, 4.69) is 16.0 Å². The lowest BCUT2D eigenvalue weighted by molar-refractivity contribution is -0.119. The van der Waals surface area contributed by atoms with Crippen LogP contribution in [0.25, 0.3) is 0 Å². The number of hydrogen-bond donors (Lipinski definition) is 1. The van der Waals surface area contributed by atoms with Crippen LogP contribution < -0.4 is 5.32 Å². The summed E-state index contributed by atoms with van der Waals surface area (Å²) in [4.78, 5) is 25.1. The standard InChI is InChI=1S/C23H30N4O3/c1-6-26-14(2)11-19(17(26)5)23(29)30-13-21(28)25-22-20(12-24)15(3)16(4)27(22)18-9-7-8-10-18/h11,18H,6-10,13H2,1-5H3,(H,25,28). The Balaban J connectivity index is 1.75. The summed E-state index contributed by atoms with van der Waals surface area (Å²) in [5, 5.41) is 12.5. The lowest BCUT2D eigenvalue weighted by Crippen LogP contribution is -2.24. The second-order valence-corrected chi connectivity index (χ2v) is 8.01. The van der Waals surface area contributed by atoms with Crippen molar-refractivity contribution in [2.45, 2.75) is 72.9 Å². The van der Waals surface area contributed by atoms with E-state index in [1.165, 1.54) is 0 Å². The third-order valence-electron chi connectivity index (χ3n) is 6.26. The smallest absolute Gasteiger partial charge is 0.340 e. The van der Waals surface area contributed by atoms with Gasteiger partial charge in [-0.1, -0.05) is 12.8 Å². The van der Waals surface area contributed by atoms with E-state index in [9.17, 15) is 14.9 Å². The zero-order chi connectivity index (χ0) is 22.0. The van der Waals surface area contributed by atoms with Crippen molar-refractivity contribution in [1.82, 2.24) is 9.13 Å². The van der Waals surface area contributed by atoms with Crippen LogP contribution in [-0.2, 0) is 16.1 Å². The van der Waals surface area contributed by atoms with Gasteiger partial charge in [-0.2, -0.15) is 5.26 Å². The molecule has 1 N–H and O–H groups in total. The summed E-state index contributed by atoms with van der Waals surface area (Å²) in [5.41, 5.74) is 4.63. The van der Waals surface area contributed by atoms with Crippen molar-refractivity contribution in [3.05, 3.63) is 39.8 Å². The van der Waals surface area contributed by atoms with Crippen LogP contribution in [0.4, 0.5) is 5.82 Å². The first-order valence-corrected chi connectivity index (χ1v) is 10.5. The Kier molecular flexibility index (Phi) is 6.35. The molecule has 0 radical (unpaired) electrons. The molecule has 0 unspecified atom stereocenters. The number of aromatic nitrogens is 2. The first-order chi connectivity index (χ1) is 14.3. The summed E-state index contributed by atoms with van der Waals surface area (Å²) >= 11 is 0. The van der Waals surface area contributed by atoms with Gasteiger partial charge in [0.25, 0.3) is 5.91 Å². The highest BCUT2D eigenvalue weighted by molar-refractivity contribution is 5.96. The van der Waals surface area contributed by atoms with Crippen molar-refractivity contribution in [3.63, 3.8) is 0 Å². The van der Waals surface area contributed by atoms with Crippen molar-refractivity contribution < 1.29 is 14.3 Å². The van der Waals surface area contributed by atoms with Crippen LogP contribution in [0.3, 0.4) is 0 Å². The van der Waals surface area contributed by atoms with E-state index in [1.54, 1.807) is 6.07 Å². The Labute approximate surface area is 177 Å². The van der Waals surface area contributed by atoms with Crippen LogP contribution in [0.2, 0.25) is 0 Å². The van der Waals surface area contributed by atoms with Gasteiger partial charge in [-0.3, -0.25) is 4.79 Å². The van der Waals surface area contributed by atoms with Gasteiger partial charge in [-0.25, -0.2) is 4.79 Å². The summed E-state index contributed by atoms with van der Waals surface area (Å²) in [6.07, 6.45) is 4.35. The summed E-state index contributed by atoms with van der Waals surface area (Å²) in [7, 11) is 0. The molecule has 2 heterocycles. The minimum absolute atomic E-state index is 0.281. The minimum Gasteiger partial charge on any atom is -0.452 e. The van der Waals surface area contributed by atoms with Crippen LogP contribution in [-0.4, -0.2) is 27.6 Å². The van der Waals surface area contributed by atoms with Crippen molar-refractivity contribution in [3.8, 4) is 6.07 Å². The molecular formula is C23H30N4O3. The van der Waals surface area contributed by atoms with Crippen molar-refractivity contribution >= 4 is 17.7 Å². The van der Waals surface area contributed by atoms with Crippen LogP contribution in [0.1, 0.15) is 77.2 Å². The zero-order valence-corrected chi connectivity index (χ0v) is 18.5. The third-order valence-corrected chi connectivity index (χ3v) is 6.26. The van der Waals surface area contributed by atoms with Gasteiger partial charge in [0.2, 0.25) is 0 Å². The number of amides is 1. The second kappa shape index (κ2) is 8.78. The highest BCUT2D eigenvalue weighted by atomic mass is 16.5. The lowest BCUT2D eigenvalue weighted by atomic mass is 10.2. The predicted molar refractivity (Wildman–Crippen MR) is 115 cm³/mol. The summed E-state index contributed by atoms with van der Waals surface area (Å²) in [6.45, 7) is 10.1. The first kappa shape index (κ1) is 21.7. The molecule has 1 aliphatic carbocycles. The van der Waals surface area contributed by atoms with Crippen LogP contribution in [0, 0.1) is 39.0 Å². The number of rotatable bonds is 6. The number of anilines is 1. The average Bonchev–Trinajstić information content (AvgIpc) is 3.39. The highest BCUT2D eigenvalue weighted by Gasteiger charge is 2.27. The molecule has 3 rings (SSSR count). The topological polar surface area (TPSA) is 89.1 Å². The summed E-state index contributed by atoms with van der Waals surface area (Å²) in [5.74, 6) is -0.442. The Morgan fingerprint density at radius 3 is 2.43 bits per heavy atom. The fourth-order valence-electron chi connectivity index (χ4n) is 4.58. The number of carbonyl (C=O) groups is 2. The zero-order valence-electron chi connectivity index (χ0n) is 18.5. The van der Waals surface area contributed by atoms with Crippen molar-refractivity contribution in [1.29, 1.82) is 5.26 Å². The Morgan fingerprint density at radius 2 is 1.87 bits per heavy atom. The largest absolute Gasteiger partial charge is 0.452 e. The summed E-state index contributed by atoms with van der Waals surface area (Å²) < 4.78 is 9.38. The van der Waals surface area contributed by atoms with Crippen molar-refractivity contribution in [2.75, 3.05) is 11.9 Å². The molecule has 160 valence electrons. The van der Waals surface area contributed by atoms with Gasteiger partial charge >= 0.3 is 5.97 Å². The highest BCUT2D eigenvalue weighted by Crippen LogP contribution is 2.37. The molecule has 1 amide bonds. The fraction of sp³-hybridized carbons (Fsp3) is 0.522. The molecule has 0 saturated heterocycles. The van der Waals surface area contributed by atoms with Gasteiger partial charge < -0.3 is 19.2 Å².